The Morgan fingerprint density at radius 2 is 2.21 bits per heavy atom. The SMILES string of the molecule is COc1c(I)cc(O)c2c1CCC2=O. The maximum Gasteiger partial charge on any atom is 0.167 e. The molecule has 1 aliphatic carbocycles. The Morgan fingerprint density at radius 3 is 2.86 bits per heavy atom. The van der Waals surface area contributed by atoms with E-state index in [1.165, 1.54) is 0 Å². The van der Waals surface area contributed by atoms with Crippen LogP contribution >= 0.6 is 22.6 Å². The Balaban J connectivity index is 2.72. The van der Waals surface area contributed by atoms with Crippen molar-refractivity contribution in [2.75, 3.05) is 7.11 Å². The molecule has 14 heavy (non-hydrogen) atoms. The number of aromatic hydroxyl groups is 1. The Kier molecular flexibility index (Phi) is 2.38. The molecular formula is C10H9IO3. The zero-order valence-corrected chi connectivity index (χ0v) is 9.79. The minimum Gasteiger partial charge on any atom is -0.507 e. The molecule has 0 aliphatic heterocycles. The second-order valence-electron chi connectivity index (χ2n) is 3.19. The minimum absolute atomic E-state index is 0.00667. The quantitative estimate of drug-likeness (QED) is 0.809. The van der Waals surface area contributed by atoms with E-state index >= 15 is 0 Å². The van der Waals surface area contributed by atoms with E-state index in [9.17, 15) is 9.90 Å². The monoisotopic (exact) mass is 304 g/mol. The number of phenols is 1. The molecule has 0 saturated heterocycles. The van der Waals surface area contributed by atoms with Crippen LogP contribution in [0, 0.1) is 3.57 Å². The standard InChI is InChI=1S/C10H9IO3/c1-14-10-5-2-3-7(12)9(5)8(13)4-6(10)11/h4,13H,2-3H2,1H3. The van der Waals surface area contributed by atoms with Crippen molar-refractivity contribution in [2.45, 2.75) is 12.8 Å². The van der Waals surface area contributed by atoms with Crippen LogP contribution in [0.3, 0.4) is 0 Å². The van der Waals surface area contributed by atoms with Gasteiger partial charge in [-0.3, -0.25) is 4.79 Å². The first-order valence-electron chi connectivity index (χ1n) is 4.26. The average Bonchev–Trinajstić information content (AvgIpc) is 2.49. The van der Waals surface area contributed by atoms with Gasteiger partial charge in [0.25, 0.3) is 0 Å². The molecule has 1 N–H and O–H groups in total. The first-order chi connectivity index (χ1) is 6.65. The van der Waals surface area contributed by atoms with E-state index in [0.717, 1.165) is 14.9 Å². The summed E-state index contributed by atoms with van der Waals surface area (Å²) >= 11 is 2.09. The third-order valence-corrected chi connectivity index (χ3v) is 3.20. The number of hydrogen-bond acceptors (Lipinski definition) is 3. The fourth-order valence-electron chi connectivity index (χ4n) is 1.80. The number of ether oxygens (including phenoxy) is 1. The molecule has 4 heteroatoms. The van der Waals surface area contributed by atoms with Gasteiger partial charge in [0.15, 0.2) is 5.78 Å². The number of rotatable bonds is 1. The van der Waals surface area contributed by atoms with Crippen molar-refractivity contribution in [2.24, 2.45) is 0 Å². The molecule has 0 spiro atoms. The van der Waals surface area contributed by atoms with Gasteiger partial charge in [0, 0.05) is 12.0 Å². The van der Waals surface area contributed by atoms with E-state index in [-0.39, 0.29) is 11.5 Å². The van der Waals surface area contributed by atoms with Crippen molar-refractivity contribution in [1.29, 1.82) is 0 Å². The second kappa shape index (κ2) is 3.42. The highest BCUT2D eigenvalue weighted by Gasteiger charge is 2.28. The molecule has 1 aromatic carbocycles. The lowest BCUT2D eigenvalue weighted by molar-refractivity contribution is 0.0992. The van der Waals surface area contributed by atoms with Crippen LogP contribution in [0.4, 0.5) is 0 Å². The molecule has 0 fully saturated rings. The third-order valence-electron chi connectivity index (χ3n) is 2.40. The number of carbonyl (C=O) groups excluding carboxylic acids is 1. The van der Waals surface area contributed by atoms with E-state index in [1.807, 2.05) is 0 Å². The number of carbonyl (C=O) groups is 1. The number of fused-ring (bicyclic) bond motifs is 1. The van der Waals surface area contributed by atoms with E-state index < -0.39 is 0 Å². The first-order valence-corrected chi connectivity index (χ1v) is 5.34. The predicted molar refractivity (Wildman–Crippen MR) is 60.0 cm³/mol. The first kappa shape index (κ1) is 9.76. The van der Waals surface area contributed by atoms with Gasteiger partial charge in [-0.05, 0) is 35.1 Å². The van der Waals surface area contributed by atoms with Gasteiger partial charge in [0.1, 0.15) is 11.5 Å². The maximum atomic E-state index is 11.4. The molecule has 1 aliphatic rings. The van der Waals surface area contributed by atoms with Crippen molar-refractivity contribution >= 4 is 28.4 Å². The summed E-state index contributed by atoms with van der Waals surface area (Å²) in [7, 11) is 1.58. The number of hydrogen-bond donors (Lipinski definition) is 1. The van der Waals surface area contributed by atoms with Crippen molar-refractivity contribution in [1.82, 2.24) is 0 Å². The number of Topliss-reactive ketones (excluding diaryl/α,β-unsaturated/α-hetero) is 1. The van der Waals surface area contributed by atoms with Crippen LogP contribution in [0.5, 0.6) is 11.5 Å². The van der Waals surface area contributed by atoms with Crippen LogP contribution in [0.15, 0.2) is 6.07 Å². The number of benzene rings is 1. The van der Waals surface area contributed by atoms with Gasteiger partial charge in [-0.25, -0.2) is 0 Å². The molecule has 74 valence electrons. The molecule has 0 radical (unpaired) electrons. The Hall–Kier alpha value is -0.780. The van der Waals surface area contributed by atoms with Crippen molar-refractivity contribution in [3.05, 3.63) is 20.8 Å². The van der Waals surface area contributed by atoms with Gasteiger partial charge in [-0.15, -0.1) is 0 Å². The zero-order chi connectivity index (χ0) is 10.3. The molecule has 1 aromatic rings. The Bertz CT molecular complexity index is 412. The smallest absolute Gasteiger partial charge is 0.167 e. The fourth-order valence-corrected chi connectivity index (χ4v) is 2.64. The van der Waals surface area contributed by atoms with Gasteiger partial charge in [0.05, 0.1) is 16.2 Å². The molecule has 0 heterocycles. The van der Waals surface area contributed by atoms with E-state index in [1.54, 1.807) is 13.2 Å². The summed E-state index contributed by atoms with van der Waals surface area (Å²) < 4.78 is 6.06. The van der Waals surface area contributed by atoms with E-state index in [4.69, 9.17) is 4.74 Å². The number of ketones is 1. The van der Waals surface area contributed by atoms with Gasteiger partial charge < -0.3 is 9.84 Å². The highest BCUT2D eigenvalue weighted by atomic mass is 127. The van der Waals surface area contributed by atoms with E-state index in [2.05, 4.69) is 22.6 Å². The van der Waals surface area contributed by atoms with Crippen molar-refractivity contribution < 1.29 is 14.6 Å². The molecule has 0 saturated carbocycles. The number of methoxy groups -OCH3 is 1. The molecule has 3 nitrogen and oxygen atoms in total. The molecule has 0 aromatic heterocycles. The third kappa shape index (κ3) is 1.28. The summed E-state index contributed by atoms with van der Waals surface area (Å²) in [6.07, 6.45) is 1.14. The number of halogens is 1. The Morgan fingerprint density at radius 1 is 1.50 bits per heavy atom. The van der Waals surface area contributed by atoms with Gasteiger partial charge in [-0.1, -0.05) is 0 Å². The normalized spacial score (nSPS) is 14.3. The van der Waals surface area contributed by atoms with Crippen LogP contribution < -0.4 is 4.74 Å². The van der Waals surface area contributed by atoms with Gasteiger partial charge >= 0.3 is 0 Å². The Labute approximate surface area is 95.2 Å². The largest absolute Gasteiger partial charge is 0.507 e. The molecule has 0 atom stereocenters. The summed E-state index contributed by atoms with van der Waals surface area (Å²) in [5.41, 5.74) is 1.30. The predicted octanol–water partition coefficient (Wildman–Crippen LogP) is 2.13. The lowest BCUT2D eigenvalue weighted by Crippen LogP contribution is -1.97. The van der Waals surface area contributed by atoms with E-state index in [0.29, 0.717) is 18.4 Å². The van der Waals surface area contributed by atoms with Gasteiger partial charge in [0.2, 0.25) is 0 Å². The molecule has 0 unspecified atom stereocenters. The minimum atomic E-state index is 0.00667. The highest BCUT2D eigenvalue weighted by molar-refractivity contribution is 14.1. The van der Waals surface area contributed by atoms with Crippen LogP contribution in [0.25, 0.3) is 0 Å². The molecule has 0 amide bonds. The second-order valence-corrected chi connectivity index (χ2v) is 4.35. The van der Waals surface area contributed by atoms with Crippen LogP contribution in [-0.2, 0) is 6.42 Å². The molecular weight excluding hydrogens is 295 g/mol. The number of phenolic OH excluding ortho intramolecular Hbond substituents is 1. The summed E-state index contributed by atoms with van der Waals surface area (Å²) in [6, 6.07) is 1.57. The lowest BCUT2D eigenvalue weighted by Gasteiger charge is -2.10. The molecule has 2 rings (SSSR count). The topological polar surface area (TPSA) is 46.5 Å². The van der Waals surface area contributed by atoms with Crippen molar-refractivity contribution in [3.8, 4) is 11.5 Å². The lowest BCUT2D eigenvalue weighted by atomic mass is 10.1. The molecule has 0 bridgehead atoms. The summed E-state index contributed by atoms with van der Waals surface area (Å²) in [4.78, 5) is 11.4. The zero-order valence-electron chi connectivity index (χ0n) is 7.63. The van der Waals surface area contributed by atoms with Crippen molar-refractivity contribution in [3.63, 3.8) is 0 Å². The maximum absolute atomic E-state index is 11.4. The average molecular weight is 304 g/mol. The summed E-state index contributed by atoms with van der Waals surface area (Å²) in [5.74, 6) is 0.809. The van der Waals surface area contributed by atoms with Gasteiger partial charge in [-0.2, -0.15) is 0 Å². The van der Waals surface area contributed by atoms with Crippen LogP contribution in [0.2, 0.25) is 0 Å². The summed E-state index contributed by atoms with van der Waals surface area (Å²) in [6.45, 7) is 0. The van der Waals surface area contributed by atoms with Crippen LogP contribution in [0.1, 0.15) is 22.3 Å². The fraction of sp³-hybridized carbons (Fsp3) is 0.300. The highest BCUT2D eigenvalue weighted by Crippen LogP contribution is 2.39. The summed E-state index contributed by atoms with van der Waals surface area (Å²) in [5, 5.41) is 9.62. The van der Waals surface area contributed by atoms with Crippen LogP contribution in [-0.4, -0.2) is 18.0 Å².